The van der Waals surface area contributed by atoms with Gasteiger partial charge in [0.25, 0.3) is 5.91 Å². The fourth-order valence-electron chi connectivity index (χ4n) is 2.36. The van der Waals surface area contributed by atoms with Crippen LogP contribution in [0, 0.1) is 0 Å². The third-order valence-electron chi connectivity index (χ3n) is 4.03. The van der Waals surface area contributed by atoms with E-state index in [0.29, 0.717) is 11.6 Å². The number of thiocarbonyl (C=S) groups is 1. The van der Waals surface area contributed by atoms with Crippen molar-refractivity contribution < 1.29 is 19.1 Å². The lowest BCUT2D eigenvalue weighted by Crippen LogP contribution is -2.51. The summed E-state index contributed by atoms with van der Waals surface area (Å²) in [6.07, 6.45) is -0.970. The molecular weight excluding hydrogens is 475 g/mol. The Morgan fingerprint density at radius 3 is 2.38 bits per heavy atom. The molecule has 0 aliphatic rings. The maximum atomic E-state index is 12.2. The van der Waals surface area contributed by atoms with Gasteiger partial charge in [0.2, 0.25) is 11.8 Å². The largest absolute Gasteiger partial charge is 0.479 e. The predicted octanol–water partition coefficient (Wildman–Crippen LogP) is 2.88. The van der Waals surface area contributed by atoms with E-state index in [1.165, 1.54) is 13.0 Å². The molecule has 0 spiro atoms. The molecule has 0 heterocycles. The first-order valence-electron chi connectivity index (χ1n) is 9.56. The third kappa shape index (κ3) is 9.09. The van der Waals surface area contributed by atoms with Crippen LogP contribution in [-0.4, -0.2) is 28.9 Å². The van der Waals surface area contributed by atoms with Crippen molar-refractivity contribution in [1.29, 1.82) is 0 Å². The topological polar surface area (TPSA) is 109 Å². The number of carbonyl (C=O) groups is 3. The number of ether oxygens (including phenoxy) is 1. The van der Waals surface area contributed by atoms with Crippen molar-refractivity contribution in [3.05, 3.63) is 64.1 Å². The first kappa shape index (κ1) is 25.4. The summed E-state index contributed by atoms with van der Waals surface area (Å²) in [6.45, 7) is 1.90. The van der Waals surface area contributed by atoms with E-state index in [1.54, 1.807) is 12.1 Å². The van der Waals surface area contributed by atoms with E-state index >= 15 is 0 Å². The second-order valence-corrected chi connectivity index (χ2v) is 7.84. The zero-order valence-electron chi connectivity index (χ0n) is 17.1. The van der Waals surface area contributed by atoms with E-state index < -0.39 is 17.9 Å². The molecule has 8 nitrogen and oxygen atoms in total. The van der Waals surface area contributed by atoms with E-state index in [1.807, 2.05) is 30.3 Å². The molecule has 4 N–H and O–H groups in total. The summed E-state index contributed by atoms with van der Waals surface area (Å²) in [5.74, 6) is -0.986. The predicted molar refractivity (Wildman–Crippen MR) is 126 cm³/mol. The fourth-order valence-corrected chi connectivity index (χ4v) is 2.97. The lowest BCUT2D eigenvalue weighted by atomic mass is 10.2. The molecule has 1 atom stereocenters. The van der Waals surface area contributed by atoms with Gasteiger partial charge in [0.1, 0.15) is 5.75 Å². The van der Waals surface area contributed by atoms with Crippen molar-refractivity contribution in [3.8, 4) is 5.75 Å². The monoisotopic (exact) mass is 496 g/mol. The number of halogens is 2. The Hall–Kier alpha value is -2.88. The van der Waals surface area contributed by atoms with Crippen LogP contribution in [0.15, 0.2) is 48.5 Å². The summed E-state index contributed by atoms with van der Waals surface area (Å²) in [7, 11) is 0. The van der Waals surface area contributed by atoms with E-state index in [4.69, 9.17) is 40.2 Å². The Balaban J connectivity index is 1.65. The van der Waals surface area contributed by atoms with Crippen molar-refractivity contribution in [3.63, 3.8) is 0 Å². The lowest BCUT2D eigenvalue weighted by molar-refractivity contribution is -0.127. The highest BCUT2D eigenvalue weighted by Gasteiger charge is 2.18. The minimum absolute atomic E-state index is 0.00614. The smallest absolute Gasteiger partial charge is 0.266 e. The molecule has 0 bridgehead atoms. The molecule has 0 aliphatic heterocycles. The number of rotatable bonds is 8. The first-order valence-corrected chi connectivity index (χ1v) is 10.7. The Labute approximate surface area is 201 Å². The van der Waals surface area contributed by atoms with Crippen LogP contribution in [0.2, 0.25) is 10.0 Å². The Bertz CT molecular complexity index is 976. The van der Waals surface area contributed by atoms with Gasteiger partial charge in [-0.1, -0.05) is 53.5 Å². The molecule has 2 aromatic rings. The average Bonchev–Trinajstić information content (AvgIpc) is 2.77. The minimum Gasteiger partial charge on any atom is -0.479 e. The van der Waals surface area contributed by atoms with Gasteiger partial charge in [-0.15, -0.1) is 0 Å². The summed E-state index contributed by atoms with van der Waals surface area (Å²) >= 11 is 16.8. The van der Waals surface area contributed by atoms with Crippen molar-refractivity contribution in [1.82, 2.24) is 21.5 Å². The number of nitrogens with one attached hydrogen (secondary N) is 4. The van der Waals surface area contributed by atoms with Crippen LogP contribution in [-0.2, 0) is 20.9 Å². The van der Waals surface area contributed by atoms with Gasteiger partial charge < -0.3 is 10.1 Å². The van der Waals surface area contributed by atoms with Gasteiger partial charge in [-0.3, -0.25) is 30.6 Å². The van der Waals surface area contributed by atoms with Gasteiger partial charge in [-0.25, -0.2) is 0 Å². The van der Waals surface area contributed by atoms with E-state index in [-0.39, 0.29) is 34.6 Å². The molecule has 0 saturated carbocycles. The molecule has 0 radical (unpaired) electrons. The highest BCUT2D eigenvalue weighted by Crippen LogP contribution is 2.28. The molecule has 1 unspecified atom stereocenters. The van der Waals surface area contributed by atoms with Gasteiger partial charge >= 0.3 is 0 Å². The zero-order valence-corrected chi connectivity index (χ0v) is 19.4. The van der Waals surface area contributed by atoms with Crippen LogP contribution >= 0.6 is 35.4 Å². The number of hydrogen-bond acceptors (Lipinski definition) is 5. The van der Waals surface area contributed by atoms with Crippen LogP contribution in [0.3, 0.4) is 0 Å². The number of carbonyl (C=O) groups excluding carboxylic acids is 3. The number of amides is 3. The Kier molecular flexibility index (Phi) is 10.2. The third-order valence-corrected chi connectivity index (χ3v) is 4.77. The molecule has 0 aliphatic carbocycles. The number of hydrogen-bond donors (Lipinski definition) is 4. The summed E-state index contributed by atoms with van der Waals surface area (Å²) in [5, 5.41) is 5.69. The summed E-state index contributed by atoms with van der Waals surface area (Å²) < 4.78 is 5.49. The van der Waals surface area contributed by atoms with Crippen molar-refractivity contribution >= 4 is 58.3 Å². The van der Waals surface area contributed by atoms with Gasteiger partial charge in [-0.2, -0.15) is 0 Å². The molecule has 2 aromatic carbocycles. The Morgan fingerprint density at radius 2 is 1.69 bits per heavy atom. The van der Waals surface area contributed by atoms with Gasteiger partial charge in [-0.05, 0) is 42.9 Å². The molecule has 3 amide bonds. The van der Waals surface area contributed by atoms with Gasteiger partial charge in [0.15, 0.2) is 11.2 Å². The standard InChI is InChI=1S/C21H22Cl2N4O4S/c1-13(31-17-8-7-15(22)11-16(17)23)20(30)25-21(32)27-26-19(29)10-9-18(28)24-12-14-5-3-2-4-6-14/h2-8,11,13H,9-10,12H2,1H3,(H,24,28)(H,26,29)(H2,25,27,30,32). The normalized spacial score (nSPS) is 11.1. The summed E-state index contributed by atoms with van der Waals surface area (Å²) in [4.78, 5) is 35.9. The van der Waals surface area contributed by atoms with Crippen LogP contribution in [0.25, 0.3) is 0 Å². The molecule has 0 fully saturated rings. The SMILES string of the molecule is CC(Oc1ccc(Cl)cc1Cl)C(=O)NC(=S)NNC(=O)CCC(=O)NCc1ccccc1. The first-order chi connectivity index (χ1) is 15.2. The van der Waals surface area contributed by atoms with Crippen LogP contribution in [0.4, 0.5) is 0 Å². The van der Waals surface area contributed by atoms with Crippen molar-refractivity contribution in [2.45, 2.75) is 32.4 Å². The maximum Gasteiger partial charge on any atom is 0.266 e. The van der Waals surface area contributed by atoms with Gasteiger partial charge in [0, 0.05) is 24.4 Å². The lowest BCUT2D eigenvalue weighted by Gasteiger charge is -2.16. The van der Waals surface area contributed by atoms with E-state index in [0.717, 1.165) is 5.56 Å². The average molecular weight is 497 g/mol. The molecule has 2 rings (SSSR count). The van der Waals surface area contributed by atoms with E-state index in [2.05, 4.69) is 21.5 Å². The fraction of sp³-hybridized carbons (Fsp3) is 0.238. The molecule has 0 aromatic heterocycles. The number of hydrazine groups is 1. The highest BCUT2D eigenvalue weighted by atomic mass is 35.5. The maximum absolute atomic E-state index is 12.2. The molecular formula is C21H22Cl2N4O4S. The Morgan fingerprint density at radius 1 is 1.00 bits per heavy atom. The summed E-state index contributed by atoms with van der Waals surface area (Å²) in [6, 6.07) is 14.0. The second kappa shape index (κ2) is 12.8. The molecule has 0 saturated heterocycles. The van der Waals surface area contributed by atoms with Crippen molar-refractivity contribution in [2.24, 2.45) is 0 Å². The van der Waals surface area contributed by atoms with Crippen LogP contribution < -0.4 is 26.2 Å². The summed E-state index contributed by atoms with van der Waals surface area (Å²) in [5.41, 5.74) is 5.68. The molecule has 11 heteroatoms. The van der Waals surface area contributed by atoms with Crippen LogP contribution in [0.1, 0.15) is 25.3 Å². The van der Waals surface area contributed by atoms with Gasteiger partial charge in [0.05, 0.1) is 5.02 Å². The van der Waals surface area contributed by atoms with Crippen molar-refractivity contribution in [2.75, 3.05) is 0 Å². The zero-order chi connectivity index (χ0) is 23.5. The molecule has 32 heavy (non-hydrogen) atoms. The van der Waals surface area contributed by atoms with E-state index in [9.17, 15) is 14.4 Å². The highest BCUT2D eigenvalue weighted by molar-refractivity contribution is 7.80. The quantitative estimate of drug-likeness (QED) is 0.330. The van der Waals surface area contributed by atoms with Crippen LogP contribution in [0.5, 0.6) is 5.75 Å². The molecule has 170 valence electrons. The minimum atomic E-state index is -0.919. The number of benzene rings is 2. The second-order valence-electron chi connectivity index (χ2n) is 6.59.